The highest BCUT2D eigenvalue weighted by molar-refractivity contribution is 9.10. The number of carbonyl (C=O) groups excluding carboxylic acids is 1. The molecule has 4 heteroatoms. The molecule has 0 aliphatic heterocycles. The number of benzene rings is 1. The summed E-state index contributed by atoms with van der Waals surface area (Å²) in [7, 11) is 0. The van der Waals surface area contributed by atoms with Crippen molar-refractivity contribution in [3.8, 4) is 0 Å². The van der Waals surface area contributed by atoms with E-state index in [1.807, 2.05) is 24.3 Å². The predicted molar refractivity (Wildman–Crippen MR) is 84.2 cm³/mol. The third kappa shape index (κ3) is 4.46. The first-order chi connectivity index (χ1) is 9.66. The van der Waals surface area contributed by atoms with Crippen LogP contribution >= 0.6 is 15.9 Å². The number of amides is 1. The van der Waals surface area contributed by atoms with Gasteiger partial charge in [-0.15, -0.1) is 0 Å². The molecule has 0 spiro atoms. The maximum Gasteiger partial charge on any atom is 0.244 e. The molecule has 0 bridgehead atoms. The number of carbonyl (C=O) groups is 1. The quantitative estimate of drug-likeness (QED) is 0.656. The van der Waals surface area contributed by atoms with E-state index in [9.17, 15) is 9.90 Å². The van der Waals surface area contributed by atoms with Crippen LogP contribution in [0.3, 0.4) is 0 Å². The van der Waals surface area contributed by atoms with Crippen molar-refractivity contribution in [2.75, 3.05) is 0 Å². The molecule has 1 saturated carbocycles. The van der Waals surface area contributed by atoms with Crippen LogP contribution in [-0.4, -0.2) is 23.2 Å². The minimum Gasteiger partial charge on any atom is -0.391 e. The highest BCUT2D eigenvalue weighted by Crippen LogP contribution is 2.19. The molecule has 108 valence electrons. The maximum absolute atomic E-state index is 11.9. The lowest BCUT2D eigenvalue weighted by Crippen LogP contribution is -2.41. The predicted octanol–water partition coefficient (Wildman–Crippen LogP) is 3.27. The summed E-state index contributed by atoms with van der Waals surface area (Å²) in [6.45, 7) is 0. The zero-order chi connectivity index (χ0) is 14.4. The number of rotatable bonds is 3. The fourth-order valence-electron chi connectivity index (χ4n) is 2.46. The smallest absolute Gasteiger partial charge is 0.244 e. The molecule has 2 unspecified atom stereocenters. The maximum atomic E-state index is 11.9. The Morgan fingerprint density at radius 2 is 2.00 bits per heavy atom. The lowest BCUT2D eigenvalue weighted by atomic mass is 10.1. The van der Waals surface area contributed by atoms with Crippen LogP contribution in [0.2, 0.25) is 0 Å². The Hall–Kier alpha value is -1.13. The monoisotopic (exact) mass is 337 g/mol. The Balaban J connectivity index is 1.93. The molecular weight excluding hydrogens is 318 g/mol. The first kappa shape index (κ1) is 15.3. The molecule has 20 heavy (non-hydrogen) atoms. The normalized spacial score (nSPS) is 23.5. The first-order valence-electron chi connectivity index (χ1n) is 7.08. The summed E-state index contributed by atoms with van der Waals surface area (Å²) >= 11 is 3.44. The molecule has 3 nitrogen and oxygen atoms in total. The van der Waals surface area contributed by atoms with Crippen molar-refractivity contribution in [1.29, 1.82) is 0 Å². The molecule has 0 heterocycles. The Kier molecular flexibility index (Phi) is 5.80. The standard InChI is InChI=1S/C16H20BrNO2/c17-13-7-5-4-6-12(13)10-11-16(20)18-14-8-2-1-3-9-15(14)19/h4-7,10-11,14-15,19H,1-3,8-9H2,(H,18,20)/b11-10+. The van der Waals surface area contributed by atoms with Crippen LogP contribution < -0.4 is 5.32 Å². The van der Waals surface area contributed by atoms with E-state index >= 15 is 0 Å². The highest BCUT2D eigenvalue weighted by atomic mass is 79.9. The van der Waals surface area contributed by atoms with Gasteiger partial charge in [-0.2, -0.15) is 0 Å². The summed E-state index contributed by atoms with van der Waals surface area (Å²) in [4.78, 5) is 11.9. The molecular formula is C16H20BrNO2. The van der Waals surface area contributed by atoms with Crippen LogP contribution in [0.5, 0.6) is 0 Å². The Morgan fingerprint density at radius 1 is 1.25 bits per heavy atom. The van der Waals surface area contributed by atoms with Gasteiger partial charge in [0.05, 0.1) is 12.1 Å². The molecule has 2 atom stereocenters. The van der Waals surface area contributed by atoms with Crippen molar-refractivity contribution in [3.05, 3.63) is 40.4 Å². The molecule has 0 radical (unpaired) electrons. The van der Waals surface area contributed by atoms with Crippen LogP contribution in [-0.2, 0) is 4.79 Å². The number of hydrogen-bond donors (Lipinski definition) is 2. The fourth-order valence-corrected chi connectivity index (χ4v) is 2.88. The van der Waals surface area contributed by atoms with Crippen molar-refractivity contribution >= 4 is 27.9 Å². The minimum atomic E-state index is -0.418. The van der Waals surface area contributed by atoms with Crippen molar-refractivity contribution in [2.45, 2.75) is 44.2 Å². The molecule has 1 aliphatic carbocycles. The molecule has 2 rings (SSSR count). The van der Waals surface area contributed by atoms with Gasteiger partial charge in [0, 0.05) is 10.5 Å². The Bertz CT molecular complexity index is 487. The highest BCUT2D eigenvalue weighted by Gasteiger charge is 2.22. The summed E-state index contributed by atoms with van der Waals surface area (Å²) in [5.74, 6) is -0.147. The molecule has 1 aromatic carbocycles. The van der Waals surface area contributed by atoms with Crippen molar-refractivity contribution in [3.63, 3.8) is 0 Å². The van der Waals surface area contributed by atoms with E-state index in [0.717, 1.165) is 42.1 Å². The third-order valence-electron chi connectivity index (χ3n) is 3.63. The summed E-state index contributed by atoms with van der Waals surface area (Å²) in [5.41, 5.74) is 0.962. The number of aliphatic hydroxyl groups is 1. The third-order valence-corrected chi connectivity index (χ3v) is 4.35. The number of hydrogen-bond acceptors (Lipinski definition) is 2. The van der Waals surface area contributed by atoms with Gasteiger partial charge < -0.3 is 10.4 Å². The zero-order valence-corrected chi connectivity index (χ0v) is 13.0. The molecule has 1 aromatic rings. The molecule has 1 aliphatic rings. The fraction of sp³-hybridized carbons (Fsp3) is 0.438. The van der Waals surface area contributed by atoms with Gasteiger partial charge in [0.25, 0.3) is 0 Å². The number of halogens is 1. The lowest BCUT2D eigenvalue weighted by molar-refractivity contribution is -0.118. The van der Waals surface area contributed by atoms with Gasteiger partial charge in [0.2, 0.25) is 5.91 Å². The topological polar surface area (TPSA) is 49.3 Å². The van der Waals surface area contributed by atoms with Gasteiger partial charge in [0.1, 0.15) is 0 Å². The summed E-state index contributed by atoms with van der Waals surface area (Å²) < 4.78 is 0.957. The van der Waals surface area contributed by atoms with E-state index in [1.165, 1.54) is 6.08 Å². The van der Waals surface area contributed by atoms with Gasteiger partial charge in [-0.05, 0) is 30.5 Å². The summed E-state index contributed by atoms with van der Waals surface area (Å²) in [6.07, 6.45) is 7.76. The van der Waals surface area contributed by atoms with Gasteiger partial charge in [-0.3, -0.25) is 4.79 Å². The largest absolute Gasteiger partial charge is 0.391 e. The second-order valence-electron chi connectivity index (χ2n) is 5.18. The first-order valence-corrected chi connectivity index (χ1v) is 7.87. The zero-order valence-electron chi connectivity index (χ0n) is 11.4. The van der Waals surface area contributed by atoms with Crippen molar-refractivity contribution < 1.29 is 9.90 Å². The van der Waals surface area contributed by atoms with E-state index in [-0.39, 0.29) is 11.9 Å². The van der Waals surface area contributed by atoms with E-state index in [4.69, 9.17) is 0 Å². The second kappa shape index (κ2) is 7.60. The summed E-state index contributed by atoms with van der Waals surface area (Å²) in [5, 5.41) is 12.9. The Morgan fingerprint density at radius 3 is 2.80 bits per heavy atom. The Labute approximate surface area is 128 Å². The van der Waals surface area contributed by atoms with E-state index in [2.05, 4.69) is 21.2 Å². The van der Waals surface area contributed by atoms with Gasteiger partial charge in [-0.1, -0.05) is 53.4 Å². The SMILES string of the molecule is O=C(/C=C/c1ccccc1Br)NC1CCCCCC1O. The van der Waals surface area contributed by atoms with Crippen LogP contribution in [0.15, 0.2) is 34.8 Å². The molecule has 0 saturated heterocycles. The van der Waals surface area contributed by atoms with Gasteiger partial charge >= 0.3 is 0 Å². The lowest BCUT2D eigenvalue weighted by Gasteiger charge is -2.20. The van der Waals surface area contributed by atoms with Gasteiger partial charge in [0.15, 0.2) is 0 Å². The molecule has 1 fully saturated rings. The van der Waals surface area contributed by atoms with Crippen molar-refractivity contribution in [1.82, 2.24) is 5.32 Å². The van der Waals surface area contributed by atoms with Crippen molar-refractivity contribution in [2.24, 2.45) is 0 Å². The minimum absolute atomic E-state index is 0.117. The van der Waals surface area contributed by atoms with Crippen LogP contribution in [0.1, 0.15) is 37.7 Å². The summed E-state index contributed by atoms with van der Waals surface area (Å²) in [6, 6.07) is 7.62. The number of nitrogens with one attached hydrogen (secondary N) is 1. The molecule has 2 N–H and O–H groups in total. The van der Waals surface area contributed by atoms with Crippen LogP contribution in [0, 0.1) is 0 Å². The number of aliphatic hydroxyl groups excluding tert-OH is 1. The molecule has 0 aromatic heterocycles. The molecule has 1 amide bonds. The average molecular weight is 338 g/mol. The average Bonchev–Trinajstić information content (AvgIpc) is 2.63. The van der Waals surface area contributed by atoms with Crippen LogP contribution in [0.4, 0.5) is 0 Å². The van der Waals surface area contributed by atoms with E-state index < -0.39 is 6.10 Å². The van der Waals surface area contributed by atoms with E-state index in [1.54, 1.807) is 6.08 Å². The van der Waals surface area contributed by atoms with Crippen LogP contribution in [0.25, 0.3) is 6.08 Å². The second-order valence-corrected chi connectivity index (χ2v) is 6.03. The van der Waals surface area contributed by atoms with E-state index in [0.29, 0.717) is 0 Å². The van der Waals surface area contributed by atoms with Gasteiger partial charge in [-0.25, -0.2) is 0 Å².